The Labute approximate surface area is 168 Å². The summed E-state index contributed by atoms with van der Waals surface area (Å²) in [6, 6.07) is 12.7. The molecule has 0 unspecified atom stereocenters. The predicted molar refractivity (Wildman–Crippen MR) is 104 cm³/mol. The van der Waals surface area contributed by atoms with Crippen LogP contribution in [-0.2, 0) is 21.0 Å². The maximum atomic E-state index is 12.5. The molecular weight excluding hydrogens is 384 g/mol. The number of carbonyl (C=O) groups excluding carboxylic acids is 2. The quantitative estimate of drug-likeness (QED) is 0.718. The van der Waals surface area contributed by atoms with E-state index in [2.05, 4.69) is 5.48 Å². The lowest BCUT2D eigenvalue weighted by atomic mass is 10.1. The summed E-state index contributed by atoms with van der Waals surface area (Å²) in [5.74, 6) is -0.185. The van der Waals surface area contributed by atoms with Crippen molar-refractivity contribution in [2.75, 3.05) is 25.7 Å². The molecule has 148 valence electrons. The van der Waals surface area contributed by atoms with Crippen LogP contribution in [0.3, 0.4) is 0 Å². The van der Waals surface area contributed by atoms with Crippen LogP contribution in [-0.4, -0.2) is 32.6 Å². The minimum absolute atomic E-state index is 0.0767. The summed E-state index contributed by atoms with van der Waals surface area (Å²) >= 11 is 6.19. The average Bonchev–Trinajstić information content (AvgIpc) is 3.10. The topological polar surface area (TPSA) is 77.1 Å². The number of nitrogens with one attached hydrogen (secondary N) is 1. The second kappa shape index (κ2) is 8.95. The van der Waals surface area contributed by atoms with Crippen molar-refractivity contribution in [1.82, 2.24) is 5.48 Å². The lowest BCUT2D eigenvalue weighted by Crippen LogP contribution is -2.33. The smallest absolute Gasteiger partial charge is 0.248 e. The Bertz CT molecular complexity index is 859. The number of amides is 2. The molecule has 1 aliphatic rings. The van der Waals surface area contributed by atoms with E-state index in [-0.39, 0.29) is 31.4 Å². The predicted octanol–water partition coefficient (Wildman–Crippen LogP) is 2.96. The molecule has 1 saturated heterocycles. The van der Waals surface area contributed by atoms with Gasteiger partial charge in [-0.05, 0) is 11.6 Å². The molecule has 28 heavy (non-hydrogen) atoms. The molecule has 1 N–H and O–H groups in total. The highest BCUT2D eigenvalue weighted by molar-refractivity contribution is 6.32. The zero-order chi connectivity index (χ0) is 20.1. The number of halogens is 1. The van der Waals surface area contributed by atoms with Crippen LogP contribution in [0.2, 0.25) is 5.02 Å². The van der Waals surface area contributed by atoms with Crippen molar-refractivity contribution in [1.29, 1.82) is 0 Å². The summed E-state index contributed by atoms with van der Waals surface area (Å²) in [5.41, 5.74) is 3.86. The highest BCUT2D eigenvalue weighted by atomic mass is 35.5. The van der Waals surface area contributed by atoms with E-state index >= 15 is 0 Å². The SMILES string of the molecule is COc1cc(OC)c(N2C[C@H](C(=O)NOCc3ccccc3)CC2=O)cc1Cl. The third-order valence-electron chi connectivity index (χ3n) is 4.49. The number of hydrogen-bond acceptors (Lipinski definition) is 5. The number of hydroxylamine groups is 1. The van der Waals surface area contributed by atoms with Gasteiger partial charge in [-0.15, -0.1) is 0 Å². The molecule has 0 spiro atoms. The van der Waals surface area contributed by atoms with Gasteiger partial charge < -0.3 is 14.4 Å². The molecule has 0 radical (unpaired) electrons. The number of benzene rings is 2. The molecule has 1 aliphatic heterocycles. The minimum Gasteiger partial charge on any atom is -0.495 e. The van der Waals surface area contributed by atoms with Gasteiger partial charge in [0.25, 0.3) is 0 Å². The van der Waals surface area contributed by atoms with Crippen molar-refractivity contribution in [3.05, 3.63) is 53.1 Å². The largest absolute Gasteiger partial charge is 0.495 e. The molecule has 1 heterocycles. The molecule has 0 aromatic heterocycles. The molecule has 0 aliphatic carbocycles. The first-order chi connectivity index (χ1) is 13.5. The fourth-order valence-electron chi connectivity index (χ4n) is 3.02. The van der Waals surface area contributed by atoms with E-state index in [4.69, 9.17) is 25.9 Å². The van der Waals surface area contributed by atoms with Crippen molar-refractivity contribution < 1.29 is 23.9 Å². The number of methoxy groups -OCH3 is 2. The van der Waals surface area contributed by atoms with Crippen LogP contribution in [0.4, 0.5) is 5.69 Å². The molecule has 1 atom stereocenters. The van der Waals surface area contributed by atoms with E-state index in [9.17, 15) is 9.59 Å². The molecule has 0 saturated carbocycles. The molecular formula is C20H21ClN2O5. The Kier molecular flexibility index (Phi) is 6.38. The van der Waals surface area contributed by atoms with E-state index < -0.39 is 5.92 Å². The van der Waals surface area contributed by atoms with Crippen molar-refractivity contribution in [3.8, 4) is 11.5 Å². The average molecular weight is 405 g/mol. The number of rotatable bonds is 7. The van der Waals surface area contributed by atoms with Gasteiger partial charge in [0.2, 0.25) is 11.8 Å². The van der Waals surface area contributed by atoms with Crippen LogP contribution >= 0.6 is 11.6 Å². The van der Waals surface area contributed by atoms with Gasteiger partial charge >= 0.3 is 0 Å². The third-order valence-corrected chi connectivity index (χ3v) is 4.79. The molecule has 2 amide bonds. The number of ether oxygens (including phenoxy) is 2. The van der Waals surface area contributed by atoms with Crippen LogP contribution in [0.5, 0.6) is 11.5 Å². The van der Waals surface area contributed by atoms with Crippen molar-refractivity contribution in [2.45, 2.75) is 13.0 Å². The van der Waals surface area contributed by atoms with Crippen molar-refractivity contribution in [2.24, 2.45) is 5.92 Å². The summed E-state index contributed by atoms with van der Waals surface area (Å²) in [4.78, 5) is 31.6. The van der Waals surface area contributed by atoms with Gasteiger partial charge in [0.15, 0.2) is 0 Å². The van der Waals surface area contributed by atoms with Crippen LogP contribution in [0.1, 0.15) is 12.0 Å². The van der Waals surface area contributed by atoms with E-state index in [0.717, 1.165) is 5.56 Å². The second-order valence-corrected chi connectivity index (χ2v) is 6.71. The number of nitrogens with zero attached hydrogens (tertiary/aromatic N) is 1. The highest BCUT2D eigenvalue weighted by Crippen LogP contribution is 2.40. The zero-order valence-corrected chi connectivity index (χ0v) is 16.4. The highest BCUT2D eigenvalue weighted by Gasteiger charge is 2.36. The summed E-state index contributed by atoms with van der Waals surface area (Å²) in [6.07, 6.45) is 0.0767. The molecule has 8 heteroatoms. The first-order valence-corrected chi connectivity index (χ1v) is 9.08. The van der Waals surface area contributed by atoms with Gasteiger partial charge in [0.05, 0.1) is 37.5 Å². The standard InChI is InChI=1S/C20H21ClN2O5/c1-26-17-10-18(27-2)16(9-15(17)21)23-11-14(8-19(23)24)20(25)22-28-12-13-6-4-3-5-7-13/h3-7,9-10,14H,8,11-12H2,1-2H3,(H,22,25)/t14-/m1/s1. The molecule has 3 rings (SSSR count). The summed E-state index contributed by atoms with van der Waals surface area (Å²) in [5, 5.41) is 0.352. The first-order valence-electron chi connectivity index (χ1n) is 8.71. The Morgan fingerprint density at radius 1 is 1.18 bits per heavy atom. The van der Waals surface area contributed by atoms with E-state index in [0.29, 0.717) is 22.2 Å². The van der Waals surface area contributed by atoms with Crippen molar-refractivity contribution >= 4 is 29.1 Å². The van der Waals surface area contributed by atoms with Crippen LogP contribution < -0.4 is 19.9 Å². The summed E-state index contributed by atoms with van der Waals surface area (Å²) < 4.78 is 10.5. The Hall–Kier alpha value is -2.77. The van der Waals surface area contributed by atoms with Crippen LogP contribution in [0, 0.1) is 5.92 Å². The third kappa shape index (κ3) is 4.37. The van der Waals surface area contributed by atoms with Crippen LogP contribution in [0.15, 0.2) is 42.5 Å². The second-order valence-electron chi connectivity index (χ2n) is 6.30. The van der Waals surface area contributed by atoms with E-state index in [1.165, 1.54) is 19.1 Å². The molecule has 2 aromatic rings. The lowest BCUT2D eigenvalue weighted by Gasteiger charge is -2.21. The minimum atomic E-state index is -0.533. The normalized spacial score (nSPS) is 16.2. The maximum Gasteiger partial charge on any atom is 0.248 e. The van der Waals surface area contributed by atoms with Gasteiger partial charge in [-0.25, -0.2) is 5.48 Å². The fourth-order valence-corrected chi connectivity index (χ4v) is 3.25. The summed E-state index contributed by atoms with van der Waals surface area (Å²) in [6.45, 7) is 0.456. The first kappa shape index (κ1) is 20.0. The van der Waals surface area contributed by atoms with Gasteiger partial charge in [0, 0.05) is 19.0 Å². The monoisotopic (exact) mass is 404 g/mol. The maximum absolute atomic E-state index is 12.5. The number of carbonyl (C=O) groups is 2. The van der Waals surface area contributed by atoms with Crippen LogP contribution in [0.25, 0.3) is 0 Å². The Morgan fingerprint density at radius 2 is 1.89 bits per heavy atom. The molecule has 2 aromatic carbocycles. The zero-order valence-electron chi connectivity index (χ0n) is 15.6. The fraction of sp³-hybridized carbons (Fsp3) is 0.300. The van der Waals surface area contributed by atoms with Gasteiger partial charge in [0.1, 0.15) is 11.5 Å². The van der Waals surface area contributed by atoms with Gasteiger partial charge in [-0.3, -0.25) is 14.4 Å². The van der Waals surface area contributed by atoms with Gasteiger partial charge in [-0.2, -0.15) is 0 Å². The lowest BCUT2D eigenvalue weighted by molar-refractivity contribution is -0.138. The summed E-state index contributed by atoms with van der Waals surface area (Å²) in [7, 11) is 2.99. The number of anilines is 1. The molecule has 1 fully saturated rings. The van der Waals surface area contributed by atoms with E-state index in [1.807, 2.05) is 30.3 Å². The van der Waals surface area contributed by atoms with Gasteiger partial charge in [-0.1, -0.05) is 41.9 Å². The Balaban J connectivity index is 1.65. The van der Waals surface area contributed by atoms with E-state index in [1.54, 1.807) is 12.1 Å². The number of hydrogen-bond donors (Lipinski definition) is 1. The van der Waals surface area contributed by atoms with Crippen molar-refractivity contribution in [3.63, 3.8) is 0 Å². The molecule has 0 bridgehead atoms. The Morgan fingerprint density at radius 3 is 2.57 bits per heavy atom. The molecule has 7 nitrogen and oxygen atoms in total.